The Balaban J connectivity index is 1.61. The summed E-state index contributed by atoms with van der Waals surface area (Å²) in [6.07, 6.45) is 0. The maximum absolute atomic E-state index is 12.6. The maximum Gasteiger partial charge on any atom is 0.252 e. The molecule has 0 saturated heterocycles. The fraction of sp³-hybridized carbons (Fsp3) is 0.190. The van der Waals surface area contributed by atoms with Crippen molar-refractivity contribution in [3.63, 3.8) is 0 Å². The number of hydrogen-bond donors (Lipinski definition) is 3. The van der Waals surface area contributed by atoms with Gasteiger partial charge in [-0.3, -0.25) is 14.6 Å². The van der Waals surface area contributed by atoms with E-state index in [1.54, 1.807) is 6.07 Å². The molecule has 138 valence electrons. The topological polar surface area (TPSA) is 91.3 Å². The summed E-state index contributed by atoms with van der Waals surface area (Å²) >= 11 is 0. The Bertz CT molecular complexity index is 997. The molecule has 3 aromatic rings. The molecule has 0 saturated carbocycles. The molecule has 27 heavy (non-hydrogen) atoms. The van der Waals surface area contributed by atoms with E-state index >= 15 is 0 Å². The van der Waals surface area contributed by atoms with Crippen LogP contribution in [0.25, 0.3) is 10.9 Å². The van der Waals surface area contributed by atoms with Gasteiger partial charge in [0.25, 0.3) is 11.8 Å². The number of phenols is 1. The lowest BCUT2D eigenvalue weighted by molar-refractivity contribution is 0.0928. The van der Waals surface area contributed by atoms with Crippen LogP contribution in [0.3, 0.4) is 0 Å². The number of hydrogen-bond acceptors (Lipinski definition) is 4. The molecule has 0 aliphatic rings. The Morgan fingerprint density at radius 3 is 2.30 bits per heavy atom. The van der Waals surface area contributed by atoms with E-state index in [-0.39, 0.29) is 17.6 Å². The molecule has 6 heteroatoms. The van der Waals surface area contributed by atoms with Crippen molar-refractivity contribution in [2.45, 2.75) is 13.8 Å². The number of phenolic OH excluding ortho intramolecular Hbond substituents is 1. The Morgan fingerprint density at radius 1 is 0.926 bits per heavy atom. The number of aryl methyl sites for hydroxylation is 2. The molecule has 2 aromatic carbocycles. The van der Waals surface area contributed by atoms with Gasteiger partial charge in [0.2, 0.25) is 0 Å². The predicted octanol–water partition coefficient (Wildman–Crippen LogP) is 2.72. The Kier molecular flexibility index (Phi) is 5.35. The quantitative estimate of drug-likeness (QED) is 0.608. The van der Waals surface area contributed by atoms with Gasteiger partial charge < -0.3 is 15.7 Å². The number of pyridine rings is 1. The second-order valence-corrected chi connectivity index (χ2v) is 6.39. The van der Waals surface area contributed by atoms with Gasteiger partial charge in [0, 0.05) is 29.7 Å². The molecule has 0 spiro atoms. The number of amides is 2. The molecular weight excluding hydrogens is 342 g/mol. The average molecular weight is 363 g/mol. The van der Waals surface area contributed by atoms with Crippen LogP contribution >= 0.6 is 0 Å². The highest BCUT2D eigenvalue weighted by Gasteiger charge is 2.12. The smallest absolute Gasteiger partial charge is 0.252 e. The highest BCUT2D eigenvalue weighted by atomic mass is 16.3. The minimum atomic E-state index is -0.259. The van der Waals surface area contributed by atoms with Crippen molar-refractivity contribution in [1.29, 1.82) is 0 Å². The third kappa shape index (κ3) is 4.41. The highest BCUT2D eigenvalue weighted by Crippen LogP contribution is 2.20. The molecule has 6 nitrogen and oxygen atoms in total. The van der Waals surface area contributed by atoms with Crippen LogP contribution in [0, 0.1) is 13.8 Å². The summed E-state index contributed by atoms with van der Waals surface area (Å²) < 4.78 is 0. The number of aromatic hydroxyl groups is 1. The molecule has 0 radical (unpaired) electrons. The van der Waals surface area contributed by atoms with Crippen molar-refractivity contribution in [1.82, 2.24) is 15.6 Å². The van der Waals surface area contributed by atoms with E-state index in [0.29, 0.717) is 24.2 Å². The zero-order valence-electron chi connectivity index (χ0n) is 15.2. The third-order valence-corrected chi connectivity index (χ3v) is 4.16. The minimum absolute atomic E-state index is 0.105. The second kappa shape index (κ2) is 7.86. The summed E-state index contributed by atoms with van der Waals surface area (Å²) in [4.78, 5) is 29.1. The van der Waals surface area contributed by atoms with Gasteiger partial charge in [-0.25, -0.2) is 0 Å². The lowest BCUT2D eigenvalue weighted by Crippen LogP contribution is -2.34. The van der Waals surface area contributed by atoms with E-state index < -0.39 is 0 Å². The van der Waals surface area contributed by atoms with Gasteiger partial charge in [-0.05, 0) is 56.3 Å². The van der Waals surface area contributed by atoms with Gasteiger partial charge in [0.05, 0.1) is 11.1 Å². The van der Waals surface area contributed by atoms with Crippen molar-refractivity contribution in [3.05, 3.63) is 70.9 Å². The molecule has 3 N–H and O–H groups in total. The number of fused-ring (bicyclic) bond motifs is 1. The lowest BCUT2D eigenvalue weighted by atomic mass is 10.0. The molecular formula is C21H21N3O3. The van der Waals surface area contributed by atoms with Crippen molar-refractivity contribution in [2.75, 3.05) is 13.1 Å². The fourth-order valence-electron chi connectivity index (χ4n) is 2.82. The van der Waals surface area contributed by atoms with Crippen LogP contribution in [-0.4, -0.2) is 35.0 Å². The number of carbonyl (C=O) groups is 2. The number of aromatic nitrogens is 1. The normalized spacial score (nSPS) is 10.6. The molecule has 3 rings (SSSR count). The van der Waals surface area contributed by atoms with Crippen LogP contribution in [0.1, 0.15) is 32.0 Å². The molecule has 0 bridgehead atoms. The number of rotatable bonds is 5. The summed E-state index contributed by atoms with van der Waals surface area (Å²) in [6.45, 7) is 4.43. The molecule has 2 amide bonds. The third-order valence-electron chi connectivity index (χ3n) is 4.16. The first-order chi connectivity index (χ1) is 12.9. The first-order valence-electron chi connectivity index (χ1n) is 8.67. The van der Waals surface area contributed by atoms with Gasteiger partial charge in [-0.2, -0.15) is 0 Å². The number of benzene rings is 2. The summed E-state index contributed by atoms with van der Waals surface area (Å²) in [7, 11) is 0. The molecule has 1 aromatic heterocycles. The van der Waals surface area contributed by atoms with Crippen molar-refractivity contribution >= 4 is 22.7 Å². The first kappa shape index (κ1) is 18.4. The van der Waals surface area contributed by atoms with Crippen LogP contribution in [0.15, 0.2) is 48.5 Å². The van der Waals surface area contributed by atoms with Crippen LogP contribution in [-0.2, 0) is 0 Å². The Labute approximate surface area is 157 Å². The van der Waals surface area contributed by atoms with E-state index in [9.17, 15) is 14.7 Å². The van der Waals surface area contributed by atoms with Crippen LogP contribution in [0.4, 0.5) is 0 Å². The standard InChI is InChI=1S/C21H21N3O3/c1-13-3-8-19-17(11-13)18(12-14(2)24-19)21(27)23-10-9-22-20(26)15-4-6-16(25)7-5-15/h3-8,11-12,25H,9-10H2,1-2H3,(H,22,26)(H,23,27). The Hall–Kier alpha value is -3.41. The van der Waals surface area contributed by atoms with Gasteiger partial charge in [-0.1, -0.05) is 11.6 Å². The number of nitrogens with one attached hydrogen (secondary N) is 2. The van der Waals surface area contributed by atoms with Gasteiger partial charge >= 0.3 is 0 Å². The predicted molar refractivity (Wildman–Crippen MR) is 104 cm³/mol. The molecule has 0 fully saturated rings. The molecule has 0 aliphatic carbocycles. The molecule has 1 heterocycles. The van der Waals surface area contributed by atoms with Crippen LogP contribution in [0.5, 0.6) is 5.75 Å². The lowest BCUT2D eigenvalue weighted by Gasteiger charge is -2.10. The second-order valence-electron chi connectivity index (χ2n) is 6.39. The minimum Gasteiger partial charge on any atom is -0.508 e. The highest BCUT2D eigenvalue weighted by molar-refractivity contribution is 6.06. The van der Waals surface area contributed by atoms with E-state index in [4.69, 9.17) is 0 Å². The molecule has 0 atom stereocenters. The van der Waals surface area contributed by atoms with E-state index in [0.717, 1.165) is 22.2 Å². The van der Waals surface area contributed by atoms with Gasteiger partial charge in [0.15, 0.2) is 0 Å². The summed E-state index contributed by atoms with van der Waals surface area (Å²) in [6, 6.07) is 13.6. The monoisotopic (exact) mass is 363 g/mol. The molecule has 0 aliphatic heterocycles. The number of carbonyl (C=O) groups excluding carboxylic acids is 2. The molecule has 0 unspecified atom stereocenters. The summed E-state index contributed by atoms with van der Waals surface area (Å²) in [5, 5.41) is 15.6. The average Bonchev–Trinajstić information content (AvgIpc) is 2.65. The zero-order chi connectivity index (χ0) is 19.4. The largest absolute Gasteiger partial charge is 0.508 e. The van der Waals surface area contributed by atoms with Crippen LogP contribution < -0.4 is 10.6 Å². The maximum atomic E-state index is 12.6. The SMILES string of the molecule is Cc1ccc2nc(C)cc(C(=O)NCCNC(=O)c3ccc(O)cc3)c2c1. The number of nitrogens with zero attached hydrogens (tertiary/aromatic N) is 1. The Morgan fingerprint density at radius 2 is 1.59 bits per heavy atom. The first-order valence-corrected chi connectivity index (χ1v) is 8.67. The van der Waals surface area contributed by atoms with E-state index in [2.05, 4.69) is 15.6 Å². The fourth-order valence-corrected chi connectivity index (χ4v) is 2.82. The van der Waals surface area contributed by atoms with Crippen molar-refractivity contribution in [3.8, 4) is 5.75 Å². The van der Waals surface area contributed by atoms with Crippen molar-refractivity contribution in [2.24, 2.45) is 0 Å². The summed E-state index contributed by atoms with van der Waals surface area (Å²) in [5.74, 6) is -0.353. The van der Waals surface area contributed by atoms with Crippen LogP contribution in [0.2, 0.25) is 0 Å². The zero-order valence-corrected chi connectivity index (χ0v) is 15.2. The van der Waals surface area contributed by atoms with Gasteiger partial charge in [-0.15, -0.1) is 0 Å². The van der Waals surface area contributed by atoms with E-state index in [1.165, 1.54) is 24.3 Å². The van der Waals surface area contributed by atoms with E-state index in [1.807, 2.05) is 32.0 Å². The summed E-state index contributed by atoms with van der Waals surface area (Å²) in [5.41, 5.74) is 3.64. The van der Waals surface area contributed by atoms with Gasteiger partial charge in [0.1, 0.15) is 5.75 Å². The van der Waals surface area contributed by atoms with Crippen molar-refractivity contribution < 1.29 is 14.7 Å².